The van der Waals surface area contributed by atoms with Crippen molar-refractivity contribution in [1.29, 1.82) is 0 Å². The van der Waals surface area contributed by atoms with E-state index in [1.165, 1.54) is 22.9 Å². The Hall–Kier alpha value is -3.28. The van der Waals surface area contributed by atoms with Gasteiger partial charge in [-0.25, -0.2) is 4.79 Å². The van der Waals surface area contributed by atoms with Gasteiger partial charge < -0.3 is 20.2 Å². The minimum absolute atomic E-state index is 0.118. The Bertz CT molecular complexity index is 1190. The predicted octanol–water partition coefficient (Wildman–Crippen LogP) is 2.14. The Morgan fingerprint density at radius 2 is 2.10 bits per heavy atom. The zero-order chi connectivity index (χ0) is 21.6. The van der Waals surface area contributed by atoms with E-state index < -0.39 is 16.8 Å². The predicted molar refractivity (Wildman–Crippen MR) is 106 cm³/mol. The van der Waals surface area contributed by atoms with Crippen molar-refractivity contribution in [2.24, 2.45) is 0 Å². The molecule has 0 aromatic carbocycles. The second-order valence-corrected chi connectivity index (χ2v) is 8.15. The quantitative estimate of drug-likeness (QED) is 0.274. The summed E-state index contributed by atoms with van der Waals surface area (Å²) in [6, 6.07) is 0. The van der Waals surface area contributed by atoms with Gasteiger partial charge in [0.1, 0.15) is 10.1 Å². The number of ether oxygens (including phenoxy) is 1. The molecule has 3 aromatic heterocycles. The van der Waals surface area contributed by atoms with Gasteiger partial charge in [-0.15, -0.1) is 11.3 Å². The van der Waals surface area contributed by atoms with Gasteiger partial charge in [0.15, 0.2) is 10.3 Å². The van der Waals surface area contributed by atoms with E-state index >= 15 is 0 Å². The number of fused-ring (bicyclic) bond motifs is 2. The molecule has 0 atom stereocenters. The molecule has 0 unspecified atom stereocenters. The fourth-order valence-corrected chi connectivity index (χ4v) is 5.06. The van der Waals surface area contributed by atoms with Crippen LogP contribution in [0, 0.1) is 24.0 Å². The summed E-state index contributed by atoms with van der Waals surface area (Å²) in [5.74, 6) is -1.23. The van der Waals surface area contributed by atoms with Crippen LogP contribution in [-0.4, -0.2) is 38.2 Å². The first-order valence-electron chi connectivity index (χ1n) is 9.61. The minimum Gasteiger partial charge on any atom is -0.462 e. The minimum atomic E-state index is -0.563. The normalized spacial score (nSPS) is 13.3. The molecule has 2 N–H and O–H groups in total. The van der Waals surface area contributed by atoms with Crippen LogP contribution in [0.3, 0.4) is 0 Å². The van der Waals surface area contributed by atoms with Crippen molar-refractivity contribution in [2.45, 2.75) is 46.5 Å². The molecule has 11 nitrogen and oxygen atoms in total. The van der Waals surface area contributed by atoms with E-state index in [1.807, 2.05) is 0 Å². The van der Waals surface area contributed by atoms with Crippen molar-refractivity contribution in [2.75, 3.05) is 11.9 Å². The van der Waals surface area contributed by atoms with E-state index in [9.17, 15) is 19.7 Å². The van der Waals surface area contributed by atoms with Crippen LogP contribution in [0.1, 0.15) is 62.4 Å². The van der Waals surface area contributed by atoms with Gasteiger partial charge in [0.2, 0.25) is 0 Å². The molecule has 1 aliphatic rings. The zero-order valence-electron chi connectivity index (χ0n) is 16.8. The number of esters is 1. The fraction of sp³-hybridized carbons (Fsp3) is 0.444. The summed E-state index contributed by atoms with van der Waals surface area (Å²) in [5.41, 5.74) is 2.04. The van der Waals surface area contributed by atoms with Crippen molar-refractivity contribution >= 4 is 34.0 Å². The highest BCUT2D eigenvalue weighted by Gasteiger charge is 2.38. The maximum atomic E-state index is 13.1. The van der Waals surface area contributed by atoms with E-state index in [0.29, 0.717) is 16.3 Å². The van der Waals surface area contributed by atoms with Crippen molar-refractivity contribution in [3.8, 4) is 0 Å². The van der Waals surface area contributed by atoms with Gasteiger partial charge in [-0.05, 0) is 50.0 Å². The number of amides is 1. The topological polar surface area (TPSA) is 136 Å². The summed E-state index contributed by atoms with van der Waals surface area (Å²) in [7, 11) is 0. The third-order valence-electron chi connectivity index (χ3n) is 5.05. The SMILES string of the molecule is CCOC(=O)c1c(NC(=O)c2c(C)nn3c([N+](=O)[O-])c(C)[nH][n+]23)sc2c1CCCC2. The van der Waals surface area contributed by atoms with Crippen LogP contribution in [0.5, 0.6) is 0 Å². The standard InChI is InChI=1S/C18H20N6O5S/c1-4-29-18(26)13-11-7-5-6-8-12(11)30-16(13)19-15(25)14-9(2)20-23-17(24(27)28)10(3)21-22(14)23/h4-8H2,1-3H3,(H-,19,20,21,25,26)/p+1. The number of anilines is 1. The zero-order valence-corrected chi connectivity index (χ0v) is 17.6. The van der Waals surface area contributed by atoms with E-state index in [-0.39, 0.29) is 23.8 Å². The van der Waals surface area contributed by atoms with Crippen LogP contribution in [0.2, 0.25) is 0 Å². The first-order chi connectivity index (χ1) is 14.3. The van der Waals surface area contributed by atoms with E-state index in [0.717, 1.165) is 40.8 Å². The lowest BCUT2D eigenvalue weighted by atomic mass is 9.95. The average Bonchev–Trinajstić information content (AvgIpc) is 3.29. The molecular weight excluding hydrogens is 412 g/mol. The first-order valence-corrected chi connectivity index (χ1v) is 10.4. The summed E-state index contributed by atoms with van der Waals surface area (Å²) in [6.45, 7) is 5.09. The van der Waals surface area contributed by atoms with Gasteiger partial charge in [-0.3, -0.25) is 4.79 Å². The highest BCUT2D eigenvalue weighted by atomic mass is 32.1. The lowest BCUT2D eigenvalue weighted by Gasteiger charge is -2.12. The second-order valence-electron chi connectivity index (χ2n) is 7.04. The monoisotopic (exact) mass is 433 g/mol. The Morgan fingerprint density at radius 3 is 2.80 bits per heavy atom. The molecule has 158 valence electrons. The number of rotatable bonds is 5. The molecule has 0 fully saturated rings. The van der Waals surface area contributed by atoms with Crippen LogP contribution >= 0.6 is 11.3 Å². The number of H-pyrrole nitrogens is 1. The van der Waals surface area contributed by atoms with Gasteiger partial charge in [0, 0.05) is 16.4 Å². The van der Waals surface area contributed by atoms with Gasteiger partial charge >= 0.3 is 23.4 Å². The van der Waals surface area contributed by atoms with E-state index in [2.05, 4.69) is 15.5 Å². The summed E-state index contributed by atoms with van der Waals surface area (Å²) < 4.78 is 7.50. The highest BCUT2D eigenvalue weighted by Crippen LogP contribution is 2.38. The van der Waals surface area contributed by atoms with Crippen LogP contribution in [0.4, 0.5) is 10.8 Å². The molecule has 1 amide bonds. The number of carbonyl (C=O) groups excluding carboxylic acids is 2. The number of carbonyl (C=O) groups is 2. The van der Waals surface area contributed by atoms with Crippen LogP contribution in [0.15, 0.2) is 0 Å². The van der Waals surface area contributed by atoms with Crippen molar-refractivity contribution in [3.63, 3.8) is 0 Å². The van der Waals surface area contributed by atoms with Gasteiger partial charge in [-0.2, -0.15) is 5.10 Å². The second kappa shape index (κ2) is 7.52. The molecule has 12 heteroatoms. The smallest absolute Gasteiger partial charge is 0.436 e. The molecular formula is C18H21N6O5S+. The van der Waals surface area contributed by atoms with E-state index in [1.54, 1.807) is 13.8 Å². The Kier molecular flexibility index (Phi) is 5.02. The Morgan fingerprint density at radius 1 is 1.37 bits per heavy atom. The van der Waals surface area contributed by atoms with E-state index in [4.69, 9.17) is 4.74 Å². The molecule has 0 aliphatic heterocycles. The lowest BCUT2D eigenvalue weighted by Crippen LogP contribution is -2.37. The average molecular weight is 433 g/mol. The maximum Gasteiger partial charge on any atom is 0.436 e. The fourth-order valence-electron chi connectivity index (χ4n) is 3.79. The third-order valence-corrected chi connectivity index (χ3v) is 6.26. The van der Waals surface area contributed by atoms with Crippen LogP contribution < -0.4 is 9.95 Å². The molecule has 1 aliphatic carbocycles. The van der Waals surface area contributed by atoms with Gasteiger partial charge in [0.25, 0.3) is 5.69 Å². The molecule has 0 spiro atoms. The number of hydrogen-bond donors (Lipinski definition) is 2. The highest BCUT2D eigenvalue weighted by molar-refractivity contribution is 7.17. The molecule has 3 heterocycles. The lowest BCUT2D eigenvalue weighted by molar-refractivity contribution is -0.682. The molecule has 0 bridgehead atoms. The number of nitro groups is 1. The van der Waals surface area contributed by atoms with Crippen LogP contribution in [-0.2, 0) is 17.6 Å². The number of aromatic nitrogens is 4. The number of nitrogens with zero attached hydrogens (tertiary/aromatic N) is 4. The van der Waals surface area contributed by atoms with Crippen molar-refractivity contribution in [1.82, 2.24) is 14.8 Å². The summed E-state index contributed by atoms with van der Waals surface area (Å²) in [4.78, 5) is 37.6. The molecule has 30 heavy (non-hydrogen) atoms. The Balaban J connectivity index is 1.76. The third kappa shape index (κ3) is 3.12. The number of hydrogen-bond acceptors (Lipinski definition) is 7. The molecule has 3 aromatic rings. The molecule has 4 rings (SSSR count). The summed E-state index contributed by atoms with van der Waals surface area (Å²) in [5, 5.41) is 21.5. The van der Waals surface area contributed by atoms with Gasteiger partial charge in [-0.1, -0.05) is 0 Å². The number of nitrogens with one attached hydrogen (secondary N) is 2. The van der Waals surface area contributed by atoms with Crippen molar-refractivity contribution in [3.05, 3.63) is 43.2 Å². The Labute approximate surface area is 174 Å². The summed E-state index contributed by atoms with van der Waals surface area (Å²) in [6.07, 6.45) is 3.64. The molecule has 0 saturated heterocycles. The number of aromatic amines is 1. The number of thiophene rings is 1. The largest absolute Gasteiger partial charge is 0.462 e. The number of aryl methyl sites for hydroxylation is 3. The maximum absolute atomic E-state index is 13.1. The molecule has 0 radical (unpaired) electrons. The van der Waals surface area contributed by atoms with Gasteiger partial charge in [0.05, 0.1) is 12.2 Å². The molecule has 0 saturated carbocycles. The van der Waals surface area contributed by atoms with Crippen LogP contribution in [0.25, 0.3) is 0 Å². The summed E-state index contributed by atoms with van der Waals surface area (Å²) >= 11 is 1.38. The van der Waals surface area contributed by atoms with Crippen molar-refractivity contribution < 1.29 is 23.9 Å². The first kappa shape index (κ1) is 20.0.